The Morgan fingerprint density at radius 3 is 2.91 bits per heavy atom. The number of nitrogens with one attached hydrogen (secondary N) is 1. The van der Waals surface area contributed by atoms with Gasteiger partial charge in [-0.2, -0.15) is 5.26 Å². The molecule has 0 spiro atoms. The molecular weight excluding hydrogens is 458 g/mol. The number of halogens is 1. The van der Waals surface area contributed by atoms with Crippen LogP contribution in [0.1, 0.15) is 36.3 Å². The summed E-state index contributed by atoms with van der Waals surface area (Å²) in [6.07, 6.45) is 4.34. The smallest absolute Gasteiger partial charge is 0.196 e. The molecule has 0 saturated carbocycles. The van der Waals surface area contributed by atoms with Crippen LogP contribution in [0.15, 0.2) is 34.5 Å². The van der Waals surface area contributed by atoms with Crippen LogP contribution in [0.5, 0.6) is 0 Å². The number of aliphatic hydroxyl groups excluding tert-OH is 1. The van der Waals surface area contributed by atoms with E-state index in [0.717, 1.165) is 41.2 Å². The summed E-state index contributed by atoms with van der Waals surface area (Å²) < 4.78 is 0. The Balaban J connectivity index is 1.60. The zero-order chi connectivity index (χ0) is 23.3. The van der Waals surface area contributed by atoms with Gasteiger partial charge in [0.15, 0.2) is 5.16 Å². The summed E-state index contributed by atoms with van der Waals surface area (Å²) in [6, 6.07) is 6.05. The topological polar surface area (TPSA) is 118 Å². The quantitative estimate of drug-likeness (QED) is 0.482. The number of nitrogens with zero attached hydrogens (tertiary/aromatic N) is 5. The molecule has 2 aromatic heterocycles. The predicted octanol–water partition coefficient (Wildman–Crippen LogP) is 3.73. The number of hydrogen-bond donors (Lipinski definition) is 3. The van der Waals surface area contributed by atoms with Gasteiger partial charge in [0, 0.05) is 48.5 Å². The average molecular weight is 482 g/mol. The Hall–Kier alpha value is -2.77. The monoisotopic (exact) mass is 481 g/mol. The van der Waals surface area contributed by atoms with Crippen LogP contribution in [-0.4, -0.2) is 46.2 Å². The molecule has 1 fully saturated rings. The molecule has 1 aromatic carbocycles. The summed E-state index contributed by atoms with van der Waals surface area (Å²) in [6.45, 7) is 3.56. The fourth-order valence-electron chi connectivity index (χ4n) is 4.45. The molecule has 2 aliphatic rings. The summed E-state index contributed by atoms with van der Waals surface area (Å²) in [7, 11) is 1.86. The summed E-state index contributed by atoms with van der Waals surface area (Å²) in [5.74, 6) is 0.776. The first-order valence-corrected chi connectivity index (χ1v) is 12.0. The van der Waals surface area contributed by atoms with E-state index in [1.807, 2.05) is 31.0 Å². The van der Waals surface area contributed by atoms with Crippen molar-refractivity contribution < 1.29 is 5.11 Å². The second-order valence-electron chi connectivity index (χ2n) is 8.34. The summed E-state index contributed by atoms with van der Waals surface area (Å²) >= 11 is 8.04. The molecule has 10 heteroatoms. The van der Waals surface area contributed by atoms with Crippen LogP contribution >= 0.6 is 23.4 Å². The molecule has 1 saturated heterocycles. The van der Waals surface area contributed by atoms with Gasteiger partial charge in [-0.25, -0.2) is 9.97 Å². The van der Waals surface area contributed by atoms with E-state index >= 15 is 0 Å². The highest BCUT2D eigenvalue weighted by atomic mass is 35.5. The number of hydrogen-bond acceptors (Lipinski definition) is 8. The number of aromatic nitrogens is 3. The molecule has 0 radical (unpaired) electrons. The maximum absolute atomic E-state index is 10.5. The van der Waals surface area contributed by atoms with Crippen LogP contribution < -0.4 is 15.5 Å². The van der Waals surface area contributed by atoms with E-state index in [-0.39, 0.29) is 6.04 Å². The number of anilines is 2. The SMILES string of the molecule is CCc1[nH]c2nc(Sc3cc(C#N)c4c(c3)C(O)C=CN4C)nc(N3CC[C@@H](N)C3)c2c1Cl. The van der Waals surface area contributed by atoms with Crippen LogP contribution in [0.2, 0.25) is 5.02 Å². The number of benzene rings is 1. The van der Waals surface area contributed by atoms with Crippen molar-refractivity contribution >= 4 is 45.9 Å². The van der Waals surface area contributed by atoms with Crippen molar-refractivity contribution in [1.29, 1.82) is 5.26 Å². The molecular formula is C23H24ClN7OS. The summed E-state index contributed by atoms with van der Waals surface area (Å²) in [5, 5.41) is 22.3. The number of nitrogens with two attached hydrogens (primary N) is 1. The highest BCUT2D eigenvalue weighted by Crippen LogP contribution is 2.41. The summed E-state index contributed by atoms with van der Waals surface area (Å²) in [4.78, 5) is 17.7. The second-order valence-corrected chi connectivity index (χ2v) is 9.76. The minimum Gasteiger partial charge on any atom is -0.384 e. The van der Waals surface area contributed by atoms with Crippen LogP contribution in [-0.2, 0) is 6.42 Å². The molecule has 0 aliphatic carbocycles. The van der Waals surface area contributed by atoms with E-state index in [1.165, 1.54) is 11.8 Å². The Bertz CT molecular complexity index is 1310. The molecule has 4 heterocycles. The minimum atomic E-state index is -0.775. The van der Waals surface area contributed by atoms with Gasteiger partial charge >= 0.3 is 0 Å². The fourth-order valence-corrected chi connectivity index (χ4v) is 5.65. The number of aryl methyl sites for hydroxylation is 1. The van der Waals surface area contributed by atoms with Gasteiger partial charge in [-0.3, -0.25) is 0 Å². The Labute approximate surface area is 201 Å². The molecule has 2 aliphatic heterocycles. The van der Waals surface area contributed by atoms with Crippen molar-refractivity contribution in [3.05, 3.63) is 46.3 Å². The van der Waals surface area contributed by atoms with Gasteiger partial charge in [-0.05, 0) is 42.8 Å². The highest BCUT2D eigenvalue weighted by Gasteiger charge is 2.27. The van der Waals surface area contributed by atoms with Gasteiger partial charge in [0.2, 0.25) is 0 Å². The van der Waals surface area contributed by atoms with Crippen LogP contribution in [0.4, 0.5) is 11.5 Å². The van der Waals surface area contributed by atoms with Gasteiger partial charge in [0.25, 0.3) is 0 Å². The van der Waals surface area contributed by atoms with Gasteiger partial charge in [-0.15, -0.1) is 0 Å². The predicted molar refractivity (Wildman–Crippen MR) is 131 cm³/mol. The lowest BCUT2D eigenvalue weighted by molar-refractivity contribution is 0.227. The molecule has 1 unspecified atom stereocenters. The van der Waals surface area contributed by atoms with E-state index in [2.05, 4.69) is 16.0 Å². The first-order valence-electron chi connectivity index (χ1n) is 10.8. The van der Waals surface area contributed by atoms with Crippen molar-refractivity contribution in [3.63, 3.8) is 0 Å². The van der Waals surface area contributed by atoms with Gasteiger partial charge in [0.1, 0.15) is 23.6 Å². The number of rotatable bonds is 4. The number of fused-ring (bicyclic) bond motifs is 2. The van der Waals surface area contributed by atoms with E-state index < -0.39 is 6.10 Å². The molecule has 0 bridgehead atoms. The van der Waals surface area contributed by atoms with E-state index in [9.17, 15) is 10.4 Å². The second kappa shape index (κ2) is 8.54. The lowest BCUT2D eigenvalue weighted by Crippen LogP contribution is -2.27. The Kier molecular flexibility index (Phi) is 5.70. The maximum atomic E-state index is 10.5. The zero-order valence-electron chi connectivity index (χ0n) is 18.3. The molecule has 8 nitrogen and oxygen atoms in total. The molecule has 170 valence electrons. The lowest BCUT2D eigenvalue weighted by atomic mass is 9.99. The molecule has 4 N–H and O–H groups in total. The Morgan fingerprint density at radius 1 is 1.39 bits per heavy atom. The third-order valence-corrected chi connectivity index (χ3v) is 7.36. The number of H-pyrrole nitrogens is 1. The minimum absolute atomic E-state index is 0.0971. The molecule has 0 amide bonds. The average Bonchev–Trinajstić information content (AvgIpc) is 3.38. The number of aliphatic hydroxyl groups is 1. The molecule has 33 heavy (non-hydrogen) atoms. The normalized spacial score (nSPS) is 19.9. The Morgan fingerprint density at radius 2 is 2.21 bits per heavy atom. The molecule has 3 aromatic rings. The zero-order valence-corrected chi connectivity index (χ0v) is 19.9. The highest BCUT2D eigenvalue weighted by molar-refractivity contribution is 7.99. The van der Waals surface area contributed by atoms with Crippen LogP contribution in [0.3, 0.4) is 0 Å². The first-order chi connectivity index (χ1) is 15.9. The number of aromatic amines is 1. The van der Waals surface area contributed by atoms with Crippen molar-refractivity contribution in [2.24, 2.45) is 5.73 Å². The van der Waals surface area contributed by atoms with E-state index in [0.29, 0.717) is 39.2 Å². The van der Waals surface area contributed by atoms with Crippen LogP contribution in [0.25, 0.3) is 11.0 Å². The lowest BCUT2D eigenvalue weighted by Gasteiger charge is -2.27. The van der Waals surface area contributed by atoms with Crippen molar-refractivity contribution in [2.45, 2.75) is 42.0 Å². The van der Waals surface area contributed by atoms with E-state index in [1.54, 1.807) is 12.3 Å². The summed E-state index contributed by atoms with van der Waals surface area (Å²) in [5.41, 5.74) is 9.66. The maximum Gasteiger partial charge on any atom is 0.196 e. The van der Waals surface area contributed by atoms with Crippen molar-refractivity contribution in [3.8, 4) is 6.07 Å². The standard InChI is InChI=1S/C23H24ClN7OS/c1-3-16-19(24)18-21(27-16)28-23(29-22(18)31-7-4-13(26)11-31)33-14-8-12(10-25)20-15(9-14)17(32)5-6-30(20)2/h5-6,8-9,13,17,32H,3-4,7,11,26H2,1-2H3,(H,27,28,29)/t13-,17?/m1/s1. The van der Waals surface area contributed by atoms with Crippen molar-refractivity contribution in [1.82, 2.24) is 15.0 Å². The van der Waals surface area contributed by atoms with E-state index in [4.69, 9.17) is 27.3 Å². The largest absolute Gasteiger partial charge is 0.384 e. The fraction of sp³-hybridized carbons (Fsp3) is 0.348. The van der Waals surface area contributed by atoms with Crippen LogP contribution in [0, 0.1) is 11.3 Å². The third-order valence-electron chi connectivity index (χ3n) is 6.11. The number of nitriles is 1. The third kappa shape index (κ3) is 3.83. The molecule has 5 rings (SSSR count). The van der Waals surface area contributed by atoms with Crippen molar-refractivity contribution in [2.75, 3.05) is 29.9 Å². The first kappa shape index (κ1) is 22.0. The van der Waals surface area contributed by atoms with Gasteiger partial charge in [0.05, 0.1) is 21.7 Å². The van der Waals surface area contributed by atoms with Gasteiger partial charge < -0.3 is 25.6 Å². The van der Waals surface area contributed by atoms with Gasteiger partial charge in [-0.1, -0.05) is 18.5 Å². The molecule has 2 atom stereocenters.